The van der Waals surface area contributed by atoms with Gasteiger partial charge in [0.15, 0.2) is 0 Å². The van der Waals surface area contributed by atoms with E-state index in [0.29, 0.717) is 45.5 Å². The molecule has 0 aromatic heterocycles. The Morgan fingerprint density at radius 1 is 1.00 bits per heavy atom. The zero-order valence-electron chi connectivity index (χ0n) is 20.7. The highest BCUT2D eigenvalue weighted by Crippen LogP contribution is 2.38. The zero-order chi connectivity index (χ0) is 24.5. The molecule has 2 aliphatic rings. The van der Waals surface area contributed by atoms with Crippen LogP contribution in [0.5, 0.6) is 5.75 Å². The Bertz CT molecular complexity index is 970. The highest BCUT2D eigenvalue weighted by molar-refractivity contribution is 5.84. The second kappa shape index (κ2) is 12.2. The third-order valence-corrected chi connectivity index (χ3v) is 7.61. The molecule has 1 atom stereocenters. The monoisotopic (exact) mass is 477 g/mol. The summed E-state index contributed by atoms with van der Waals surface area (Å²) in [4.78, 5) is 28.2. The quantitative estimate of drug-likeness (QED) is 0.700. The van der Waals surface area contributed by atoms with Crippen LogP contribution < -0.4 is 15.8 Å². The van der Waals surface area contributed by atoms with Crippen molar-refractivity contribution in [3.8, 4) is 5.75 Å². The van der Waals surface area contributed by atoms with Gasteiger partial charge in [-0.15, -0.1) is 0 Å². The maximum absolute atomic E-state index is 13.3. The number of hydrogen-bond acceptors (Lipinski definition) is 4. The largest absolute Gasteiger partial charge is 0.493 e. The fraction of sp³-hybridized carbons (Fsp3) is 0.517. The van der Waals surface area contributed by atoms with Crippen LogP contribution >= 0.6 is 0 Å². The van der Waals surface area contributed by atoms with Crippen LogP contribution in [0.1, 0.15) is 56.1 Å². The maximum Gasteiger partial charge on any atom is 0.239 e. The number of carbonyl (C=O) groups excluding carboxylic acids is 2. The first-order chi connectivity index (χ1) is 17.1. The van der Waals surface area contributed by atoms with Gasteiger partial charge in [0, 0.05) is 19.6 Å². The molecular weight excluding hydrogens is 438 g/mol. The lowest BCUT2D eigenvalue weighted by atomic mass is 9.73. The lowest BCUT2D eigenvalue weighted by Crippen LogP contribution is -2.53. The van der Waals surface area contributed by atoms with E-state index in [4.69, 9.17) is 10.5 Å². The molecule has 2 heterocycles. The summed E-state index contributed by atoms with van der Waals surface area (Å²) in [5.74, 6) is 1.10. The number of likely N-dealkylation sites (tertiary alicyclic amines) is 1. The number of para-hydroxylation sites is 1. The Labute approximate surface area is 209 Å². The van der Waals surface area contributed by atoms with Crippen LogP contribution in [0.25, 0.3) is 0 Å². The lowest BCUT2D eigenvalue weighted by molar-refractivity contribution is -0.142. The molecule has 188 valence electrons. The standard InChI is InChI=1S/C29H39N3O3/c30-25(15-14-23-9-2-1-3-10-23)27(33)32-20-17-29(18-21-32)16-7-6-12-24-11-4-5-13-26(24)35-22-8-19-31-28(29)34/h1-5,9-11,13,25H,6-8,12,14-22,30H2,(H,31,34)/t25-/m0/s1. The first kappa shape index (κ1) is 25.2. The molecule has 2 aromatic carbocycles. The number of rotatable bonds is 4. The summed E-state index contributed by atoms with van der Waals surface area (Å²) < 4.78 is 5.98. The Hall–Kier alpha value is -2.86. The average Bonchev–Trinajstić information content (AvgIpc) is 2.91. The van der Waals surface area contributed by atoms with Crippen molar-refractivity contribution in [3.05, 3.63) is 65.7 Å². The predicted octanol–water partition coefficient (Wildman–Crippen LogP) is 3.87. The van der Waals surface area contributed by atoms with Gasteiger partial charge in [-0.3, -0.25) is 9.59 Å². The Morgan fingerprint density at radius 2 is 1.74 bits per heavy atom. The number of carbonyl (C=O) groups is 2. The summed E-state index contributed by atoms with van der Waals surface area (Å²) in [5.41, 5.74) is 8.31. The number of benzene rings is 2. The number of piperidine rings is 1. The fourth-order valence-electron chi connectivity index (χ4n) is 5.34. The first-order valence-electron chi connectivity index (χ1n) is 13.1. The number of ether oxygens (including phenoxy) is 1. The second-order valence-electron chi connectivity index (χ2n) is 10.0. The summed E-state index contributed by atoms with van der Waals surface area (Å²) in [5, 5.41) is 3.16. The van der Waals surface area contributed by atoms with Crippen molar-refractivity contribution in [1.29, 1.82) is 0 Å². The molecule has 4 rings (SSSR count). The number of hydrogen-bond donors (Lipinski definition) is 2. The van der Waals surface area contributed by atoms with E-state index in [9.17, 15) is 9.59 Å². The second-order valence-corrected chi connectivity index (χ2v) is 10.0. The van der Waals surface area contributed by atoms with Crippen LogP contribution in [0, 0.1) is 5.41 Å². The van der Waals surface area contributed by atoms with E-state index < -0.39 is 11.5 Å². The molecule has 6 heteroatoms. The normalized spacial score (nSPS) is 19.8. The van der Waals surface area contributed by atoms with E-state index in [-0.39, 0.29) is 11.8 Å². The minimum absolute atomic E-state index is 0.00888. The van der Waals surface area contributed by atoms with Crippen molar-refractivity contribution in [2.24, 2.45) is 11.1 Å². The van der Waals surface area contributed by atoms with E-state index in [1.165, 1.54) is 11.1 Å². The van der Waals surface area contributed by atoms with Gasteiger partial charge >= 0.3 is 0 Å². The molecule has 1 saturated heterocycles. The molecule has 6 nitrogen and oxygen atoms in total. The van der Waals surface area contributed by atoms with Crippen LogP contribution in [0.3, 0.4) is 0 Å². The number of nitrogens with one attached hydrogen (secondary N) is 1. The van der Waals surface area contributed by atoms with E-state index in [0.717, 1.165) is 44.3 Å². The first-order valence-corrected chi connectivity index (χ1v) is 13.1. The van der Waals surface area contributed by atoms with Crippen LogP contribution in [0.2, 0.25) is 0 Å². The van der Waals surface area contributed by atoms with Gasteiger partial charge in [-0.2, -0.15) is 0 Å². The average molecular weight is 478 g/mol. The lowest BCUT2D eigenvalue weighted by Gasteiger charge is -2.41. The molecule has 2 aromatic rings. The third-order valence-electron chi connectivity index (χ3n) is 7.61. The summed E-state index contributed by atoms with van der Waals surface area (Å²) in [6, 6.07) is 17.9. The van der Waals surface area contributed by atoms with Crippen LogP contribution in [0.15, 0.2) is 54.6 Å². The van der Waals surface area contributed by atoms with Crippen molar-refractivity contribution >= 4 is 11.8 Å². The van der Waals surface area contributed by atoms with Crippen LogP contribution in [-0.4, -0.2) is 49.0 Å². The predicted molar refractivity (Wildman–Crippen MR) is 138 cm³/mol. The van der Waals surface area contributed by atoms with Gasteiger partial charge in [0.05, 0.1) is 18.1 Å². The molecular formula is C29H39N3O3. The maximum atomic E-state index is 13.3. The smallest absolute Gasteiger partial charge is 0.239 e. The summed E-state index contributed by atoms with van der Waals surface area (Å²) >= 11 is 0. The van der Waals surface area contributed by atoms with Crippen molar-refractivity contribution in [1.82, 2.24) is 10.2 Å². The number of nitrogens with two attached hydrogens (primary N) is 1. The molecule has 1 fully saturated rings. The van der Waals surface area contributed by atoms with Gasteiger partial charge in [-0.1, -0.05) is 55.0 Å². The minimum Gasteiger partial charge on any atom is -0.493 e. The minimum atomic E-state index is -0.502. The molecule has 0 bridgehead atoms. The van der Waals surface area contributed by atoms with E-state index >= 15 is 0 Å². The summed E-state index contributed by atoms with van der Waals surface area (Å²) in [6.45, 7) is 2.39. The Morgan fingerprint density at radius 3 is 2.54 bits per heavy atom. The fourth-order valence-corrected chi connectivity index (χ4v) is 5.34. The SMILES string of the molecule is N[C@@H](CCc1ccccc1)C(=O)N1CCC2(CCCCc3ccccc3OCCCNC2=O)CC1. The molecule has 2 amide bonds. The molecule has 35 heavy (non-hydrogen) atoms. The highest BCUT2D eigenvalue weighted by atomic mass is 16.5. The molecule has 0 unspecified atom stereocenters. The molecule has 3 N–H and O–H groups in total. The molecule has 0 radical (unpaired) electrons. The summed E-state index contributed by atoms with van der Waals surface area (Å²) in [6.07, 6.45) is 7.39. The van der Waals surface area contributed by atoms with Crippen molar-refractivity contribution in [2.75, 3.05) is 26.2 Å². The van der Waals surface area contributed by atoms with Gasteiger partial charge in [0.25, 0.3) is 0 Å². The van der Waals surface area contributed by atoms with E-state index in [1.54, 1.807) is 0 Å². The molecule has 0 aliphatic carbocycles. The van der Waals surface area contributed by atoms with Crippen molar-refractivity contribution < 1.29 is 14.3 Å². The van der Waals surface area contributed by atoms with E-state index in [2.05, 4.69) is 29.6 Å². The van der Waals surface area contributed by atoms with Gasteiger partial charge < -0.3 is 20.7 Å². The van der Waals surface area contributed by atoms with Gasteiger partial charge in [0.2, 0.25) is 11.8 Å². The van der Waals surface area contributed by atoms with Crippen molar-refractivity contribution in [3.63, 3.8) is 0 Å². The zero-order valence-corrected chi connectivity index (χ0v) is 20.7. The van der Waals surface area contributed by atoms with Gasteiger partial charge in [-0.05, 0) is 68.6 Å². The number of aryl methyl sites for hydroxylation is 2. The topological polar surface area (TPSA) is 84.7 Å². The summed E-state index contributed by atoms with van der Waals surface area (Å²) in [7, 11) is 0. The van der Waals surface area contributed by atoms with Crippen LogP contribution in [0.4, 0.5) is 0 Å². The third kappa shape index (κ3) is 6.63. The van der Waals surface area contributed by atoms with Gasteiger partial charge in [0.1, 0.15) is 5.75 Å². The highest BCUT2D eigenvalue weighted by Gasteiger charge is 2.42. The number of fused-ring (bicyclic) bond motifs is 1. The van der Waals surface area contributed by atoms with Crippen molar-refractivity contribution in [2.45, 2.75) is 63.8 Å². The number of amides is 2. The number of nitrogens with zero attached hydrogens (tertiary/aromatic N) is 1. The Kier molecular flexibility index (Phi) is 8.80. The Balaban J connectivity index is 1.33. The molecule has 2 aliphatic heterocycles. The molecule has 0 saturated carbocycles. The molecule has 1 spiro atoms. The van der Waals surface area contributed by atoms with E-state index in [1.807, 2.05) is 35.2 Å². The van der Waals surface area contributed by atoms with Crippen LogP contribution in [-0.2, 0) is 22.4 Å². The van der Waals surface area contributed by atoms with Gasteiger partial charge in [-0.25, -0.2) is 0 Å².